The van der Waals surface area contributed by atoms with E-state index in [1.807, 2.05) is 0 Å². The van der Waals surface area contributed by atoms with E-state index in [9.17, 15) is 9.90 Å². The van der Waals surface area contributed by atoms with Crippen molar-refractivity contribution in [1.82, 2.24) is 4.40 Å². The first-order valence-corrected chi connectivity index (χ1v) is 4.70. The van der Waals surface area contributed by atoms with Gasteiger partial charge in [-0.15, -0.1) is 0 Å². The molecule has 0 saturated carbocycles. The quantitative estimate of drug-likeness (QED) is 0.761. The van der Waals surface area contributed by atoms with Crippen molar-refractivity contribution >= 4 is 11.5 Å². The van der Waals surface area contributed by atoms with Gasteiger partial charge in [-0.1, -0.05) is 0 Å². The zero-order valence-corrected chi connectivity index (χ0v) is 8.30. The number of esters is 1. The van der Waals surface area contributed by atoms with Crippen LogP contribution in [0.15, 0.2) is 30.5 Å². The molecule has 0 bridgehead atoms. The van der Waals surface area contributed by atoms with Crippen LogP contribution in [0.25, 0.3) is 5.52 Å². The van der Waals surface area contributed by atoms with Gasteiger partial charge in [0.2, 0.25) is 0 Å². The number of pyridine rings is 1. The average Bonchev–Trinajstić information content (AvgIpc) is 2.68. The molecule has 0 unspecified atom stereocenters. The van der Waals surface area contributed by atoms with Gasteiger partial charge < -0.3 is 14.2 Å². The molecule has 4 heteroatoms. The molecule has 0 aliphatic carbocycles. The van der Waals surface area contributed by atoms with Crippen LogP contribution in [-0.4, -0.2) is 22.1 Å². The highest BCUT2D eigenvalue weighted by molar-refractivity contribution is 5.89. The van der Waals surface area contributed by atoms with E-state index in [0.29, 0.717) is 17.8 Å². The summed E-state index contributed by atoms with van der Waals surface area (Å²) in [6.07, 6.45) is 1.71. The molecule has 0 aromatic carbocycles. The molecule has 0 spiro atoms. The van der Waals surface area contributed by atoms with Crippen LogP contribution in [0, 0.1) is 0 Å². The number of aromatic hydroxyl groups is 1. The molecule has 0 aliphatic rings. The van der Waals surface area contributed by atoms with Crippen molar-refractivity contribution in [1.29, 1.82) is 0 Å². The Kier molecular flexibility index (Phi) is 2.33. The largest absolute Gasteiger partial charge is 0.506 e. The molecule has 0 aliphatic heterocycles. The standard InChI is InChI=1S/C11H11NO3/c1-2-15-11(14)9-5-6-10(13)8-4-3-7-12(8)9/h3-7,13H,2H2,1H3. The number of fused-ring (bicyclic) bond motifs is 1. The van der Waals surface area contributed by atoms with Crippen molar-refractivity contribution in [2.24, 2.45) is 0 Å². The summed E-state index contributed by atoms with van der Waals surface area (Å²) in [5.41, 5.74) is 1.01. The fraction of sp³-hybridized carbons (Fsp3) is 0.182. The molecule has 78 valence electrons. The Hall–Kier alpha value is -1.97. The van der Waals surface area contributed by atoms with Gasteiger partial charge in [-0.3, -0.25) is 0 Å². The van der Waals surface area contributed by atoms with E-state index in [2.05, 4.69) is 0 Å². The Morgan fingerprint density at radius 2 is 2.27 bits per heavy atom. The highest BCUT2D eigenvalue weighted by atomic mass is 16.5. The van der Waals surface area contributed by atoms with Gasteiger partial charge in [-0.25, -0.2) is 4.79 Å². The summed E-state index contributed by atoms with van der Waals surface area (Å²) < 4.78 is 6.51. The summed E-state index contributed by atoms with van der Waals surface area (Å²) in [6, 6.07) is 6.53. The second-order valence-electron chi connectivity index (χ2n) is 3.09. The monoisotopic (exact) mass is 205 g/mol. The van der Waals surface area contributed by atoms with E-state index in [-0.39, 0.29) is 5.75 Å². The Bertz CT molecular complexity index is 502. The first-order valence-electron chi connectivity index (χ1n) is 4.70. The van der Waals surface area contributed by atoms with Crippen LogP contribution >= 0.6 is 0 Å². The molecular formula is C11H11NO3. The average molecular weight is 205 g/mol. The molecule has 0 fully saturated rings. The highest BCUT2D eigenvalue weighted by Gasteiger charge is 2.12. The third kappa shape index (κ3) is 1.54. The van der Waals surface area contributed by atoms with Crippen molar-refractivity contribution in [3.63, 3.8) is 0 Å². The molecule has 0 saturated heterocycles. The van der Waals surface area contributed by atoms with Crippen LogP contribution in [-0.2, 0) is 4.74 Å². The summed E-state index contributed by atoms with van der Waals surface area (Å²) in [6.45, 7) is 2.09. The number of nitrogens with zero attached hydrogens (tertiary/aromatic N) is 1. The van der Waals surface area contributed by atoms with E-state index < -0.39 is 5.97 Å². The number of carbonyl (C=O) groups excluding carboxylic acids is 1. The molecule has 0 radical (unpaired) electrons. The minimum absolute atomic E-state index is 0.146. The molecule has 4 nitrogen and oxygen atoms in total. The Balaban J connectivity index is 2.57. The molecule has 1 N–H and O–H groups in total. The Labute approximate surface area is 86.7 Å². The zero-order valence-electron chi connectivity index (χ0n) is 8.30. The zero-order chi connectivity index (χ0) is 10.8. The number of rotatable bonds is 2. The van der Waals surface area contributed by atoms with Gasteiger partial charge in [0, 0.05) is 6.20 Å². The van der Waals surface area contributed by atoms with Crippen molar-refractivity contribution in [3.05, 3.63) is 36.2 Å². The minimum atomic E-state index is -0.390. The first kappa shape index (κ1) is 9.58. The lowest BCUT2D eigenvalue weighted by Crippen LogP contribution is -2.09. The summed E-state index contributed by atoms with van der Waals surface area (Å²) >= 11 is 0. The number of carbonyl (C=O) groups is 1. The van der Waals surface area contributed by atoms with E-state index >= 15 is 0 Å². The van der Waals surface area contributed by atoms with Gasteiger partial charge in [0.05, 0.1) is 12.1 Å². The van der Waals surface area contributed by atoms with Crippen LogP contribution < -0.4 is 0 Å². The van der Waals surface area contributed by atoms with Gasteiger partial charge in [0.15, 0.2) is 0 Å². The lowest BCUT2D eigenvalue weighted by molar-refractivity contribution is 0.0518. The van der Waals surface area contributed by atoms with Gasteiger partial charge in [-0.2, -0.15) is 0 Å². The second-order valence-corrected chi connectivity index (χ2v) is 3.09. The molecule has 2 rings (SSSR count). The van der Waals surface area contributed by atoms with Crippen LogP contribution in [0.2, 0.25) is 0 Å². The van der Waals surface area contributed by atoms with E-state index in [4.69, 9.17) is 4.74 Å². The van der Waals surface area contributed by atoms with Gasteiger partial charge in [-0.05, 0) is 31.2 Å². The first-order chi connectivity index (χ1) is 7.24. The molecular weight excluding hydrogens is 194 g/mol. The number of ether oxygens (including phenoxy) is 1. The topological polar surface area (TPSA) is 50.9 Å². The van der Waals surface area contributed by atoms with Crippen molar-refractivity contribution in [3.8, 4) is 5.75 Å². The van der Waals surface area contributed by atoms with E-state index in [1.54, 1.807) is 35.7 Å². The Morgan fingerprint density at radius 1 is 1.47 bits per heavy atom. The maximum Gasteiger partial charge on any atom is 0.355 e. The van der Waals surface area contributed by atoms with Crippen molar-refractivity contribution in [2.45, 2.75) is 6.92 Å². The predicted molar refractivity (Wildman–Crippen MR) is 55.0 cm³/mol. The minimum Gasteiger partial charge on any atom is -0.506 e. The van der Waals surface area contributed by atoms with Crippen LogP contribution in [0.4, 0.5) is 0 Å². The number of hydrogen-bond acceptors (Lipinski definition) is 3. The van der Waals surface area contributed by atoms with Crippen LogP contribution in [0.1, 0.15) is 17.4 Å². The normalized spacial score (nSPS) is 10.5. The fourth-order valence-corrected chi connectivity index (χ4v) is 1.49. The number of hydrogen-bond donors (Lipinski definition) is 1. The van der Waals surface area contributed by atoms with Crippen molar-refractivity contribution < 1.29 is 14.6 Å². The molecule has 2 aromatic rings. The maximum atomic E-state index is 11.5. The maximum absolute atomic E-state index is 11.5. The van der Waals surface area contributed by atoms with Crippen LogP contribution in [0.3, 0.4) is 0 Å². The summed E-state index contributed by atoms with van der Waals surface area (Å²) in [4.78, 5) is 11.5. The fourth-order valence-electron chi connectivity index (χ4n) is 1.49. The summed E-state index contributed by atoms with van der Waals surface area (Å²) in [5, 5.41) is 9.52. The lowest BCUT2D eigenvalue weighted by atomic mass is 10.3. The molecule has 2 aromatic heterocycles. The SMILES string of the molecule is CCOC(=O)c1ccc(O)c2cccn12. The number of aromatic nitrogens is 1. The molecule has 2 heterocycles. The summed E-state index contributed by atoms with van der Waals surface area (Å²) in [5.74, 6) is -0.244. The third-order valence-electron chi connectivity index (χ3n) is 2.15. The van der Waals surface area contributed by atoms with E-state index in [0.717, 1.165) is 0 Å². The Morgan fingerprint density at radius 3 is 3.00 bits per heavy atom. The lowest BCUT2D eigenvalue weighted by Gasteiger charge is -2.06. The van der Waals surface area contributed by atoms with Crippen LogP contribution in [0.5, 0.6) is 5.75 Å². The molecule has 15 heavy (non-hydrogen) atoms. The van der Waals surface area contributed by atoms with Gasteiger partial charge in [0.25, 0.3) is 0 Å². The van der Waals surface area contributed by atoms with Gasteiger partial charge in [0.1, 0.15) is 11.4 Å². The smallest absolute Gasteiger partial charge is 0.355 e. The third-order valence-corrected chi connectivity index (χ3v) is 2.15. The highest BCUT2D eigenvalue weighted by Crippen LogP contribution is 2.20. The molecule has 0 amide bonds. The predicted octanol–water partition coefficient (Wildman–Crippen LogP) is 1.82. The molecule has 0 atom stereocenters. The van der Waals surface area contributed by atoms with Gasteiger partial charge >= 0.3 is 5.97 Å². The second kappa shape index (κ2) is 3.65. The van der Waals surface area contributed by atoms with E-state index in [1.165, 1.54) is 6.07 Å². The van der Waals surface area contributed by atoms with Crippen molar-refractivity contribution in [2.75, 3.05) is 6.61 Å². The summed E-state index contributed by atoms with van der Waals surface area (Å²) in [7, 11) is 0.